The lowest BCUT2D eigenvalue weighted by atomic mass is 10.0. The fraction of sp³-hybridized carbons (Fsp3) is 0.538. The first-order valence-corrected chi connectivity index (χ1v) is 6.12. The van der Waals surface area contributed by atoms with Crippen LogP contribution in [0, 0.1) is 11.6 Å². The average Bonchev–Trinajstić information content (AvgIpc) is 3.01. The summed E-state index contributed by atoms with van der Waals surface area (Å²) < 4.78 is 26.5. The van der Waals surface area contributed by atoms with Gasteiger partial charge in [0.25, 0.3) is 0 Å². The Balaban J connectivity index is 1.94. The van der Waals surface area contributed by atoms with Crippen LogP contribution in [-0.4, -0.2) is 23.5 Å². The van der Waals surface area contributed by atoms with Crippen molar-refractivity contribution in [1.82, 2.24) is 4.90 Å². The van der Waals surface area contributed by atoms with Gasteiger partial charge in [-0.15, -0.1) is 0 Å². The van der Waals surface area contributed by atoms with Crippen molar-refractivity contribution in [3.05, 3.63) is 35.4 Å². The largest absolute Gasteiger partial charge is 0.326 e. The summed E-state index contributed by atoms with van der Waals surface area (Å²) in [5.74, 6) is -1.04. The van der Waals surface area contributed by atoms with E-state index in [1.54, 1.807) is 0 Å². The Labute approximate surface area is 99.4 Å². The zero-order valence-corrected chi connectivity index (χ0v) is 9.57. The highest BCUT2D eigenvalue weighted by molar-refractivity contribution is 5.25. The summed E-state index contributed by atoms with van der Waals surface area (Å²) in [7, 11) is 0. The molecule has 2 aliphatic rings. The third-order valence-corrected chi connectivity index (χ3v) is 3.73. The molecular weight excluding hydrogens is 222 g/mol. The topological polar surface area (TPSA) is 29.3 Å². The molecule has 1 aliphatic heterocycles. The molecule has 0 aromatic heterocycles. The minimum Gasteiger partial charge on any atom is -0.326 e. The van der Waals surface area contributed by atoms with Crippen molar-refractivity contribution >= 4 is 0 Å². The van der Waals surface area contributed by atoms with Crippen LogP contribution in [0.5, 0.6) is 0 Å². The normalized spacial score (nSPS) is 29.8. The molecule has 1 saturated carbocycles. The molecule has 1 saturated heterocycles. The summed E-state index contributed by atoms with van der Waals surface area (Å²) >= 11 is 0. The number of hydrogen-bond donors (Lipinski definition) is 1. The van der Waals surface area contributed by atoms with Gasteiger partial charge >= 0.3 is 0 Å². The first-order chi connectivity index (χ1) is 8.15. The predicted octanol–water partition coefficient (Wildman–Crippen LogP) is 2.20. The molecule has 0 spiro atoms. The zero-order chi connectivity index (χ0) is 12.0. The van der Waals surface area contributed by atoms with Crippen molar-refractivity contribution in [2.75, 3.05) is 6.54 Å². The standard InChI is InChI=1S/C13H16F2N2/c14-9-5-8(6-10(15)7-9)13-12(16)3-4-17(13)11-1-2-11/h5-7,11-13H,1-4,16H2. The van der Waals surface area contributed by atoms with Crippen LogP contribution >= 0.6 is 0 Å². The predicted molar refractivity (Wildman–Crippen MR) is 61.4 cm³/mol. The van der Waals surface area contributed by atoms with Gasteiger partial charge in [-0.2, -0.15) is 0 Å². The Kier molecular flexibility index (Phi) is 2.64. The van der Waals surface area contributed by atoms with Crippen LogP contribution in [0.4, 0.5) is 8.78 Å². The van der Waals surface area contributed by atoms with E-state index in [0.717, 1.165) is 19.0 Å². The molecule has 2 atom stereocenters. The van der Waals surface area contributed by atoms with Crippen LogP contribution in [0.3, 0.4) is 0 Å². The molecule has 2 fully saturated rings. The lowest BCUT2D eigenvalue weighted by Crippen LogP contribution is -2.33. The molecule has 1 heterocycles. The van der Waals surface area contributed by atoms with Gasteiger partial charge in [-0.05, 0) is 37.0 Å². The Bertz CT molecular complexity index is 411. The van der Waals surface area contributed by atoms with Gasteiger partial charge in [0, 0.05) is 24.7 Å². The summed E-state index contributed by atoms with van der Waals surface area (Å²) in [6.07, 6.45) is 3.27. The van der Waals surface area contributed by atoms with Gasteiger partial charge < -0.3 is 5.73 Å². The molecule has 0 amide bonds. The van der Waals surface area contributed by atoms with Crippen molar-refractivity contribution in [2.45, 2.75) is 37.4 Å². The summed E-state index contributed by atoms with van der Waals surface area (Å²) in [6.45, 7) is 0.939. The summed E-state index contributed by atoms with van der Waals surface area (Å²) in [5, 5.41) is 0. The molecule has 17 heavy (non-hydrogen) atoms. The van der Waals surface area contributed by atoms with E-state index in [2.05, 4.69) is 4.90 Å². The molecule has 92 valence electrons. The molecule has 2 unspecified atom stereocenters. The molecule has 3 rings (SSSR count). The number of nitrogens with zero attached hydrogens (tertiary/aromatic N) is 1. The highest BCUT2D eigenvalue weighted by atomic mass is 19.1. The molecule has 1 aliphatic carbocycles. The third-order valence-electron chi connectivity index (χ3n) is 3.73. The van der Waals surface area contributed by atoms with E-state index in [1.807, 2.05) is 0 Å². The van der Waals surface area contributed by atoms with Gasteiger partial charge in [0.05, 0.1) is 6.04 Å². The van der Waals surface area contributed by atoms with Gasteiger partial charge in [-0.25, -0.2) is 8.78 Å². The van der Waals surface area contributed by atoms with Crippen LogP contribution in [0.2, 0.25) is 0 Å². The number of hydrogen-bond acceptors (Lipinski definition) is 2. The molecule has 0 radical (unpaired) electrons. The second-order valence-electron chi connectivity index (χ2n) is 5.07. The van der Waals surface area contributed by atoms with Crippen molar-refractivity contribution in [3.63, 3.8) is 0 Å². The quantitative estimate of drug-likeness (QED) is 0.855. The highest BCUT2D eigenvalue weighted by Crippen LogP contribution is 2.40. The van der Waals surface area contributed by atoms with E-state index in [4.69, 9.17) is 5.73 Å². The van der Waals surface area contributed by atoms with Crippen LogP contribution in [0.1, 0.15) is 30.9 Å². The molecule has 2 N–H and O–H groups in total. The van der Waals surface area contributed by atoms with Crippen molar-refractivity contribution in [3.8, 4) is 0 Å². The van der Waals surface area contributed by atoms with Crippen LogP contribution in [0.15, 0.2) is 18.2 Å². The van der Waals surface area contributed by atoms with E-state index in [9.17, 15) is 8.78 Å². The molecule has 0 bridgehead atoms. The first kappa shape index (κ1) is 11.1. The maximum Gasteiger partial charge on any atom is 0.126 e. The van der Waals surface area contributed by atoms with Gasteiger partial charge in [0.15, 0.2) is 0 Å². The fourth-order valence-corrected chi connectivity index (χ4v) is 2.84. The Morgan fingerprint density at radius 2 is 1.71 bits per heavy atom. The lowest BCUT2D eigenvalue weighted by molar-refractivity contribution is 0.236. The molecule has 4 heteroatoms. The highest BCUT2D eigenvalue weighted by Gasteiger charge is 2.41. The SMILES string of the molecule is NC1CCN(C2CC2)C1c1cc(F)cc(F)c1. The third kappa shape index (κ3) is 2.07. The maximum atomic E-state index is 13.3. The Morgan fingerprint density at radius 3 is 2.29 bits per heavy atom. The number of benzene rings is 1. The summed E-state index contributed by atoms with van der Waals surface area (Å²) in [6, 6.07) is 4.26. The van der Waals surface area contributed by atoms with Crippen molar-refractivity contribution < 1.29 is 8.78 Å². The summed E-state index contributed by atoms with van der Waals surface area (Å²) in [4.78, 5) is 2.30. The molecular formula is C13H16F2N2. The minimum absolute atomic E-state index is 0.0169. The molecule has 1 aromatic carbocycles. The summed E-state index contributed by atoms with van der Waals surface area (Å²) in [5.41, 5.74) is 6.76. The van der Waals surface area contributed by atoms with E-state index in [-0.39, 0.29) is 12.1 Å². The van der Waals surface area contributed by atoms with Crippen LogP contribution < -0.4 is 5.73 Å². The second-order valence-corrected chi connectivity index (χ2v) is 5.07. The molecule has 1 aromatic rings. The molecule has 2 nitrogen and oxygen atoms in total. The van der Waals surface area contributed by atoms with Crippen molar-refractivity contribution in [2.24, 2.45) is 5.73 Å². The van der Waals surface area contributed by atoms with Crippen LogP contribution in [-0.2, 0) is 0 Å². The van der Waals surface area contributed by atoms with Gasteiger partial charge in [-0.3, -0.25) is 4.90 Å². The van der Waals surface area contributed by atoms with Crippen LogP contribution in [0.25, 0.3) is 0 Å². The van der Waals surface area contributed by atoms with E-state index in [0.29, 0.717) is 11.6 Å². The van der Waals surface area contributed by atoms with E-state index in [1.165, 1.54) is 25.0 Å². The fourth-order valence-electron chi connectivity index (χ4n) is 2.84. The Morgan fingerprint density at radius 1 is 1.06 bits per heavy atom. The van der Waals surface area contributed by atoms with E-state index < -0.39 is 11.6 Å². The van der Waals surface area contributed by atoms with Gasteiger partial charge in [0.2, 0.25) is 0 Å². The lowest BCUT2D eigenvalue weighted by Gasteiger charge is -2.27. The van der Waals surface area contributed by atoms with Gasteiger partial charge in [-0.1, -0.05) is 0 Å². The first-order valence-electron chi connectivity index (χ1n) is 6.12. The zero-order valence-electron chi connectivity index (χ0n) is 9.57. The Hall–Kier alpha value is -1.00. The van der Waals surface area contributed by atoms with E-state index >= 15 is 0 Å². The monoisotopic (exact) mass is 238 g/mol. The van der Waals surface area contributed by atoms with Crippen molar-refractivity contribution in [1.29, 1.82) is 0 Å². The van der Waals surface area contributed by atoms with Gasteiger partial charge in [0.1, 0.15) is 11.6 Å². The maximum absolute atomic E-state index is 13.3. The minimum atomic E-state index is -0.519. The number of halogens is 2. The number of rotatable bonds is 2. The number of nitrogens with two attached hydrogens (primary N) is 1. The second kappa shape index (κ2) is 4.03. The smallest absolute Gasteiger partial charge is 0.126 e. The number of likely N-dealkylation sites (tertiary alicyclic amines) is 1. The average molecular weight is 238 g/mol.